The summed E-state index contributed by atoms with van der Waals surface area (Å²) in [6.07, 6.45) is -10.4. The summed E-state index contributed by atoms with van der Waals surface area (Å²) in [4.78, 5) is 23.0. The van der Waals surface area contributed by atoms with Gasteiger partial charge in [0.25, 0.3) is 0 Å². The van der Waals surface area contributed by atoms with E-state index in [-0.39, 0.29) is 0 Å². The molecule has 2 saturated heterocycles. The molecule has 0 aromatic carbocycles. The molecule has 7 N–H and O–H groups in total. The summed E-state index contributed by atoms with van der Waals surface area (Å²) in [5.74, 6) is -1.06. The van der Waals surface area contributed by atoms with E-state index in [4.69, 9.17) is 18.9 Å². The lowest BCUT2D eigenvalue weighted by molar-refractivity contribution is -0.329. The zero-order valence-electron chi connectivity index (χ0n) is 16.9. The van der Waals surface area contributed by atoms with Crippen molar-refractivity contribution < 1.29 is 54.1 Å². The average molecular weight is 438 g/mol. The minimum absolute atomic E-state index is 0.515. The first-order chi connectivity index (χ1) is 14.1. The minimum atomic E-state index is -1.62. The summed E-state index contributed by atoms with van der Waals surface area (Å²) in [6.45, 7) is 1.19. The van der Waals surface area contributed by atoms with Gasteiger partial charge in [-0.25, -0.2) is 0 Å². The fourth-order valence-corrected chi connectivity index (χ4v) is 3.66. The van der Waals surface area contributed by atoms with Crippen molar-refractivity contribution in [2.24, 2.45) is 0 Å². The number of aliphatic hydroxyl groups is 5. The number of aliphatic hydroxyl groups excluding tert-OH is 5. The quantitative estimate of drug-likeness (QED) is 0.202. The molecule has 0 aromatic rings. The summed E-state index contributed by atoms with van der Waals surface area (Å²) in [5.41, 5.74) is 0. The first-order valence-electron chi connectivity index (χ1n) is 9.43. The maximum absolute atomic E-state index is 11.6. The topological polar surface area (TPSA) is 196 Å². The van der Waals surface area contributed by atoms with Crippen molar-refractivity contribution in [2.45, 2.75) is 75.1 Å². The van der Waals surface area contributed by atoms with Crippen LogP contribution in [0.15, 0.2) is 0 Å². The van der Waals surface area contributed by atoms with Crippen LogP contribution in [0.5, 0.6) is 0 Å². The number of ether oxygens (including phenoxy) is 4. The summed E-state index contributed by atoms with van der Waals surface area (Å²) >= 11 is 0. The lowest BCUT2D eigenvalue weighted by Gasteiger charge is -2.47. The second kappa shape index (κ2) is 10.7. The van der Waals surface area contributed by atoms with Crippen LogP contribution in [0, 0.1) is 0 Å². The van der Waals surface area contributed by atoms with Gasteiger partial charge < -0.3 is 55.1 Å². The van der Waals surface area contributed by atoms with E-state index in [9.17, 15) is 35.1 Å². The second-order valence-corrected chi connectivity index (χ2v) is 7.21. The van der Waals surface area contributed by atoms with E-state index in [2.05, 4.69) is 10.6 Å². The number of hydrogen-bond donors (Lipinski definition) is 7. The van der Waals surface area contributed by atoms with Crippen molar-refractivity contribution in [3.63, 3.8) is 0 Å². The van der Waals surface area contributed by atoms with Gasteiger partial charge in [0, 0.05) is 21.0 Å². The van der Waals surface area contributed by atoms with Gasteiger partial charge in [-0.15, -0.1) is 0 Å². The molecular weight excluding hydrogens is 408 g/mol. The highest BCUT2D eigenvalue weighted by molar-refractivity contribution is 5.73. The average Bonchev–Trinajstić information content (AvgIpc) is 2.68. The number of rotatable bonds is 7. The molecule has 0 spiro atoms. The molecule has 2 fully saturated rings. The third-order valence-electron chi connectivity index (χ3n) is 5.03. The van der Waals surface area contributed by atoms with Crippen molar-refractivity contribution in [3.05, 3.63) is 0 Å². The van der Waals surface area contributed by atoms with Crippen LogP contribution in [0.3, 0.4) is 0 Å². The highest BCUT2D eigenvalue weighted by Gasteiger charge is 2.51. The van der Waals surface area contributed by atoms with Gasteiger partial charge in [0.1, 0.15) is 48.7 Å². The molecule has 0 radical (unpaired) electrons. The summed E-state index contributed by atoms with van der Waals surface area (Å²) in [6, 6.07) is -2.43. The molecule has 2 aliphatic heterocycles. The maximum Gasteiger partial charge on any atom is 0.217 e. The minimum Gasteiger partial charge on any atom is -0.394 e. The smallest absolute Gasteiger partial charge is 0.217 e. The predicted octanol–water partition coefficient (Wildman–Crippen LogP) is -4.46. The molecule has 5 unspecified atom stereocenters. The fraction of sp³-hybridized carbons (Fsp3) is 0.882. The molecule has 2 aliphatic rings. The van der Waals surface area contributed by atoms with E-state index in [0.717, 1.165) is 0 Å². The van der Waals surface area contributed by atoms with E-state index in [1.807, 2.05) is 0 Å². The predicted molar refractivity (Wildman–Crippen MR) is 96.6 cm³/mol. The second-order valence-electron chi connectivity index (χ2n) is 7.21. The number of nitrogens with one attached hydrogen (secondary N) is 2. The van der Waals surface area contributed by atoms with Gasteiger partial charge in [0.05, 0.1) is 13.2 Å². The van der Waals surface area contributed by atoms with Crippen LogP contribution in [0.4, 0.5) is 0 Å². The molecule has 0 saturated carbocycles. The van der Waals surface area contributed by atoms with Crippen LogP contribution in [0.2, 0.25) is 0 Å². The number of amides is 2. The summed E-state index contributed by atoms with van der Waals surface area (Å²) in [5, 5.41) is 55.3. The molecule has 13 heteroatoms. The van der Waals surface area contributed by atoms with Crippen molar-refractivity contribution >= 4 is 11.8 Å². The van der Waals surface area contributed by atoms with Gasteiger partial charge in [0.15, 0.2) is 12.6 Å². The summed E-state index contributed by atoms with van der Waals surface area (Å²) < 4.78 is 21.8. The Morgan fingerprint density at radius 1 is 0.867 bits per heavy atom. The number of methoxy groups -OCH3 is 1. The van der Waals surface area contributed by atoms with Crippen LogP contribution < -0.4 is 10.6 Å². The van der Waals surface area contributed by atoms with Crippen LogP contribution >= 0.6 is 0 Å². The molecule has 10 atom stereocenters. The highest BCUT2D eigenvalue weighted by Crippen LogP contribution is 2.29. The maximum atomic E-state index is 11.6. The Kier molecular flexibility index (Phi) is 8.90. The molecule has 174 valence electrons. The Bertz CT molecular complexity index is 594. The monoisotopic (exact) mass is 438 g/mol. The molecule has 0 aromatic heterocycles. The molecule has 13 nitrogen and oxygen atoms in total. The van der Waals surface area contributed by atoms with Crippen LogP contribution in [-0.2, 0) is 28.5 Å². The molecule has 2 heterocycles. The van der Waals surface area contributed by atoms with E-state index < -0.39 is 86.3 Å². The van der Waals surface area contributed by atoms with Crippen molar-refractivity contribution in [1.29, 1.82) is 0 Å². The Morgan fingerprint density at radius 2 is 1.37 bits per heavy atom. The van der Waals surface area contributed by atoms with Gasteiger partial charge in [-0.2, -0.15) is 0 Å². The highest BCUT2D eigenvalue weighted by atomic mass is 16.7. The van der Waals surface area contributed by atoms with Gasteiger partial charge in [0.2, 0.25) is 11.8 Å². The fourth-order valence-electron chi connectivity index (χ4n) is 3.66. The molecule has 30 heavy (non-hydrogen) atoms. The first kappa shape index (κ1) is 24.8. The van der Waals surface area contributed by atoms with Crippen molar-refractivity contribution in [1.82, 2.24) is 10.6 Å². The number of carbonyl (C=O) groups excluding carboxylic acids is 2. The largest absolute Gasteiger partial charge is 0.394 e. The summed E-state index contributed by atoms with van der Waals surface area (Å²) in [7, 11) is 1.30. The Morgan fingerprint density at radius 3 is 1.87 bits per heavy atom. The standard InChI is InChI=1S/C17H30N2O11/c1-6(22)18-10-12(24)15(9(5-21)28-16(10)26)30-17-11(19-7(2)23)13(25)14(27-3)8(4-20)29-17/h8-17,20-21,24-26H,4-5H2,1-3H3,(H,18,22)(H,19,23)/t8-,9?,10-,11?,12-,13?,14+,15?,16+,17?/m0/s1. The lowest BCUT2D eigenvalue weighted by Crippen LogP contribution is -2.69. The third-order valence-corrected chi connectivity index (χ3v) is 5.03. The molecule has 2 rings (SSSR count). The SMILES string of the molecule is CO[C@H]1C(O)C(NC(C)=O)C(OC2C(CO)O[C@@H](O)[C@@H](NC(C)=O)[C@@H]2O)O[C@H]1CO. The lowest BCUT2D eigenvalue weighted by atomic mass is 9.94. The van der Waals surface area contributed by atoms with E-state index in [1.54, 1.807) is 0 Å². The Labute approximate surface area is 172 Å². The van der Waals surface area contributed by atoms with Gasteiger partial charge >= 0.3 is 0 Å². The van der Waals surface area contributed by atoms with Gasteiger partial charge in [-0.3, -0.25) is 9.59 Å². The van der Waals surface area contributed by atoms with Gasteiger partial charge in [-0.1, -0.05) is 0 Å². The van der Waals surface area contributed by atoms with Crippen LogP contribution in [0.1, 0.15) is 13.8 Å². The normalized spacial score (nSPS) is 41.9. The van der Waals surface area contributed by atoms with Crippen LogP contribution in [0.25, 0.3) is 0 Å². The van der Waals surface area contributed by atoms with Crippen molar-refractivity contribution in [3.8, 4) is 0 Å². The number of carbonyl (C=O) groups is 2. The zero-order valence-corrected chi connectivity index (χ0v) is 16.9. The molecule has 0 bridgehead atoms. The van der Waals surface area contributed by atoms with Crippen LogP contribution in [-0.4, -0.2) is 119 Å². The Balaban J connectivity index is 2.28. The molecular formula is C17H30N2O11. The van der Waals surface area contributed by atoms with E-state index in [1.165, 1.54) is 21.0 Å². The molecule has 2 amide bonds. The Hall–Kier alpha value is -1.42. The first-order valence-corrected chi connectivity index (χ1v) is 9.43. The van der Waals surface area contributed by atoms with Crippen molar-refractivity contribution in [2.75, 3.05) is 20.3 Å². The van der Waals surface area contributed by atoms with E-state index >= 15 is 0 Å². The van der Waals surface area contributed by atoms with E-state index in [0.29, 0.717) is 0 Å². The third kappa shape index (κ3) is 5.43. The zero-order chi connectivity index (χ0) is 22.6. The molecule has 0 aliphatic carbocycles. The van der Waals surface area contributed by atoms with Gasteiger partial charge in [-0.05, 0) is 0 Å². The number of hydrogen-bond acceptors (Lipinski definition) is 11.